The first-order valence-electron chi connectivity index (χ1n) is 9.60. The van der Waals surface area contributed by atoms with Gasteiger partial charge in [-0.05, 0) is 71.1 Å². The normalized spacial score (nSPS) is 14.1. The molecule has 29 heavy (non-hydrogen) atoms. The molecule has 0 spiro atoms. The Morgan fingerprint density at radius 2 is 1.93 bits per heavy atom. The number of carbonyl (C=O) groups excluding carboxylic acids is 1. The van der Waals surface area contributed by atoms with E-state index in [-0.39, 0.29) is 34.1 Å². The first-order chi connectivity index (χ1) is 13.5. The molecule has 0 radical (unpaired) electrons. The fourth-order valence-electron chi connectivity index (χ4n) is 2.73. The predicted molar refractivity (Wildman–Crippen MR) is 109 cm³/mol. The summed E-state index contributed by atoms with van der Waals surface area (Å²) >= 11 is 6.19. The first-order valence-corrected chi connectivity index (χ1v) is 9.98. The lowest BCUT2D eigenvalue weighted by Gasteiger charge is -2.20. The maximum absolute atomic E-state index is 15.1. The van der Waals surface area contributed by atoms with E-state index < -0.39 is 17.4 Å². The van der Waals surface area contributed by atoms with E-state index in [4.69, 9.17) is 25.8 Å². The Labute approximate surface area is 175 Å². The van der Waals surface area contributed by atoms with Gasteiger partial charge in [0.05, 0.1) is 17.9 Å². The highest BCUT2D eigenvalue weighted by molar-refractivity contribution is 6.31. The van der Waals surface area contributed by atoms with E-state index in [0.717, 1.165) is 18.4 Å². The summed E-state index contributed by atoms with van der Waals surface area (Å²) in [5.74, 6) is -0.751. The van der Waals surface area contributed by atoms with E-state index in [1.165, 1.54) is 12.3 Å². The van der Waals surface area contributed by atoms with E-state index in [1.807, 2.05) is 13.8 Å². The lowest BCUT2D eigenvalue weighted by molar-refractivity contribution is 0.00639. The Hall–Kier alpha value is -2.34. The van der Waals surface area contributed by atoms with Gasteiger partial charge < -0.3 is 14.2 Å². The highest BCUT2D eigenvalue weighted by atomic mass is 35.5. The van der Waals surface area contributed by atoms with Crippen molar-refractivity contribution in [2.75, 3.05) is 0 Å². The van der Waals surface area contributed by atoms with Gasteiger partial charge in [-0.25, -0.2) is 14.2 Å². The summed E-state index contributed by atoms with van der Waals surface area (Å²) in [6.45, 7) is 8.93. The number of hydrogen-bond acceptors (Lipinski definition) is 5. The summed E-state index contributed by atoms with van der Waals surface area (Å²) in [5.41, 5.74) is -0.0247. The monoisotopic (exact) mass is 421 g/mol. The van der Waals surface area contributed by atoms with Gasteiger partial charge in [-0.3, -0.25) is 0 Å². The molecule has 0 atom stereocenters. The lowest BCUT2D eigenvalue weighted by atomic mass is 10.0. The Balaban J connectivity index is 1.92. The van der Waals surface area contributed by atoms with Crippen molar-refractivity contribution < 1.29 is 23.4 Å². The molecular formula is C22H25ClFNO4. The van der Waals surface area contributed by atoms with Gasteiger partial charge in [0, 0.05) is 6.07 Å². The molecule has 1 fully saturated rings. The minimum atomic E-state index is -0.776. The third-order valence-corrected chi connectivity index (χ3v) is 4.36. The maximum Gasteiger partial charge on any atom is 0.341 e. The van der Waals surface area contributed by atoms with Gasteiger partial charge in [-0.1, -0.05) is 11.6 Å². The van der Waals surface area contributed by atoms with Crippen LogP contribution in [0.3, 0.4) is 0 Å². The zero-order chi connectivity index (χ0) is 21.3. The van der Waals surface area contributed by atoms with Crippen LogP contribution in [-0.2, 0) is 4.74 Å². The van der Waals surface area contributed by atoms with Crippen LogP contribution in [0.5, 0.6) is 17.4 Å². The molecule has 0 N–H and O–H groups in total. The van der Waals surface area contributed by atoms with Gasteiger partial charge in [-0.15, -0.1) is 0 Å². The average molecular weight is 422 g/mol. The maximum atomic E-state index is 15.1. The van der Waals surface area contributed by atoms with Crippen LogP contribution < -0.4 is 9.47 Å². The zero-order valence-corrected chi connectivity index (χ0v) is 18.0. The molecule has 1 aromatic carbocycles. The van der Waals surface area contributed by atoms with Gasteiger partial charge in [0.1, 0.15) is 16.4 Å². The SMILES string of the molecule is CC(C)Oc1ncc(Oc2cc(C3CC3)cc(C(=O)OC(C)(C)C)c2F)cc1Cl. The number of ether oxygens (including phenoxy) is 3. The second-order valence-corrected chi connectivity index (χ2v) is 8.79. The third kappa shape index (κ3) is 5.60. The molecule has 156 valence electrons. The molecule has 1 heterocycles. The number of carbonyl (C=O) groups is 1. The minimum Gasteiger partial charge on any atom is -0.474 e. The largest absolute Gasteiger partial charge is 0.474 e. The summed E-state index contributed by atoms with van der Waals surface area (Å²) in [7, 11) is 0. The van der Waals surface area contributed by atoms with Gasteiger partial charge in [0.15, 0.2) is 11.6 Å². The number of nitrogens with zero attached hydrogens (tertiary/aromatic N) is 1. The molecular weight excluding hydrogens is 397 g/mol. The van der Waals surface area contributed by atoms with E-state index in [9.17, 15) is 4.79 Å². The van der Waals surface area contributed by atoms with E-state index >= 15 is 4.39 Å². The summed E-state index contributed by atoms with van der Waals surface area (Å²) in [5, 5.41) is 0.252. The molecule has 2 aromatic rings. The van der Waals surface area contributed by atoms with E-state index in [2.05, 4.69) is 4.98 Å². The number of pyridine rings is 1. The number of hydrogen-bond donors (Lipinski definition) is 0. The van der Waals surface area contributed by atoms with Crippen LogP contribution in [0.15, 0.2) is 24.4 Å². The number of rotatable bonds is 6. The number of aromatic nitrogens is 1. The molecule has 3 rings (SSSR count). The second-order valence-electron chi connectivity index (χ2n) is 8.38. The predicted octanol–water partition coefficient (Wildman–Crippen LogP) is 6.29. The Morgan fingerprint density at radius 1 is 1.24 bits per heavy atom. The van der Waals surface area contributed by atoms with Crippen molar-refractivity contribution in [3.63, 3.8) is 0 Å². The fourth-order valence-corrected chi connectivity index (χ4v) is 2.93. The quantitative estimate of drug-likeness (QED) is 0.513. The molecule has 1 aliphatic carbocycles. The van der Waals surface area contributed by atoms with Crippen molar-refractivity contribution in [3.8, 4) is 17.4 Å². The topological polar surface area (TPSA) is 57.7 Å². The number of halogens is 2. The zero-order valence-electron chi connectivity index (χ0n) is 17.2. The molecule has 1 aromatic heterocycles. The van der Waals surface area contributed by atoms with Gasteiger partial charge in [-0.2, -0.15) is 0 Å². The number of esters is 1. The van der Waals surface area contributed by atoms with E-state index in [0.29, 0.717) is 5.92 Å². The highest BCUT2D eigenvalue weighted by Gasteiger charge is 2.29. The lowest BCUT2D eigenvalue weighted by Crippen LogP contribution is -2.24. The van der Waals surface area contributed by atoms with Crippen molar-refractivity contribution in [2.24, 2.45) is 0 Å². The van der Waals surface area contributed by atoms with Gasteiger partial charge in [0.25, 0.3) is 0 Å². The van der Waals surface area contributed by atoms with Crippen molar-refractivity contribution in [1.29, 1.82) is 0 Å². The number of benzene rings is 1. The van der Waals surface area contributed by atoms with Gasteiger partial charge in [0.2, 0.25) is 5.88 Å². The van der Waals surface area contributed by atoms with E-state index in [1.54, 1.807) is 32.9 Å². The average Bonchev–Trinajstić information content (AvgIpc) is 3.42. The standard InChI is InChI=1S/C22H25ClFNO4/c1-12(2)27-20-17(23)10-15(11-25-20)28-18-9-14(13-6-7-13)8-16(19(18)24)21(26)29-22(3,4)5/h8-13H,6-7H2,1-5H3. The smallest absolute Gasteiger partial charge is 0.341 e. The fraction of sp³-hybridized carbons (Fsp3) is 0.455. The van der Waals surface area contributed by atoms with Crippen LogP contribution in [-0.4, -0.2) is 22.7 Å². The van der Waals surface area contributed by atoms with Crippen LogP contribution in [0.25, 0.3) is 0 Å². The molecule has 5 nitrogen and oxygen atoms in total. The third-order valence-electron chi connectivity index (χ3n) is 4.09. The second kappa shape index (κ2) is 8.19. The van der Waals surface area contributed by atoms with Crippen molar-refractivity contribution in [1.82, 2.24) is 4.98 Å². The summed E-state index contributed by atoms with van der Waals surface area (Å²) < 4.78 is 31.6. The van der Waals surface area contributed by atoms with Crippen LogP contribution in [0, 0.1) is 5.82 Å². The summed E-state index contributed by atoms with van der Waals surface area (Å²) in [4.78, 5) is 16.6. The summed E-state index contributed by atoms with van der Waals surface area (Å²) in [6.07, 6.45) is 3.30. The molecule has 7 heteroatoms. The van der Waals surface area contributed by atoms with Crippen LogP contribution in [0.2, 0.25) is 5.02 Å². The molecule has 1 aliphatic rings. The molecule has 0 unspecified atom stereocenters. The highest BCUT2D eigenvalue weighted by Crippen LogP contribution is 2.43. The molecule has 0 amide bonds. The first kappa shape index (κ1) is 21.4. The van der Waals surface area contributed by atoms with Crippen LogP contribution in [0.1, 0.15) is 69.3 Å². The van der Waals surface area contributed by atoms with Crippen LogP contribution in [0.4, 0.5) is 4.39 Å². The Kier molecular flexibility index (Phi) is 6.03. The van der Waals surface area contributed by atoms with Gasteiger partial charge >= 0.3 is 5.97 Å². The van der Waals surface area contributed by atoms with Crippen molar-refractivity contribution >= 4 is 17.6 Å². The molecule has 1 saturated carbocycles. The molecule has 0 saturated heterocycles. The van der Waals surface area contributed by atoms with Crippen molar-refractivity contribution in [3.05, 3.63) is 46.4 Å². The van der Waals surface area contributed by atoms with Crippen LogP contribution >= 0.6 is 11.6 Å². The molecule has 0 bridgehead atoms. The van der Waals surface area contributed by atoms with Crippen molar-refractivity contribution in [2.45, 2.75) is 65.1 Å². The molecule has 0 aliphatic heterocycles. The summed E-state index contributed by atoms with van der Waals surface area (Å²) in [6, 6.07) is 4.68. The minimum absolute atomic E-state index is 0.0642. The Morgan fingerprint density at radius 3 is 2.48 bits per heavy atom. The Bertz CT molecular complexity index is 920.